The Bertz CT molecular complexity index is 434. The molecule has 2 heterocycles. The van der Waals surface area contributed by atoms with Gasteiger partial charge in [-0.15, -0.1) is 0 Å². The standard InChI is InChI=1S/C14H21N3O2/c1-14(2)9-16-12(8-18)13(19)17(10-14)7-11-4-3-5-15-6-11/h3-6,12,16,18H,7-10H2,1-2H3. The van der Waals surface area contributed by atoms with Crippen molar-refractivity contribution in [2.24, 2.45) is 5.41 Å². The number of carbonyl (C=O) groups is 1. The van der Waals surface area contributed by atoms with E-state index in [4.69, 9.17) is 0 Å². The zero-order valence-corrected chi connectivity index (χ0v) is 11.5. The van der Waals surface area contributed by atoms with Crippen molar-refractivity contribution in [3.05, 3.63) is 30.1 Å². The second-order valence-corrected chi connectivity index (χ2v) is 5.84. The van der Waals surface area contributed by atoms with Gasteiger partial charge in [0.25, 0.3) is 0 Å². The number of hydrogen-bond acceptors (Lipinski definition) is 4. The lowest BCUT2D eigenvalue weighted by atomic mass is 9.93. The Balaban J connectivity index is 2.17. The van der Waals surface area contributed by atoms with Crippen molar-refractivity contribution in [2.75, 3.05) is 19.7 Å². The van der Waals surface area contributed by atoms with E-state index in [1.165, 1.54) is 0 Å². The van der Waals surface area contributed by atoms with Gasteiger partial charge in [-0.3, -0.25) is 9.78 Å². The van der Waals surface area contributed by atoms with Gasteiger partial charge in [-0.1, -0.05) is 19.9 Å². The molecule has 0 aromatic carbocycles. The SMILES string of the molecule is CC1(C)CNC(CO)C(=O)N(Cc2cccnc2)C1. The maximum Gasteiger partial charge on any atom is 0.242 e. The van der Waals surface area contributed by atoms with Gasteiger partial charge in [0.2, 0.25) is 5.91 Å². The molecule has 0 saturated carbocycles. The highest BCUT2D eigenvalue weighted by Gasteiger charge is 2.33. The van der Waals surface area contributed by atoms with Crippen LogP contribution in [0, 0.1) is 5.41 Å². The molecule has 0 bridgehead atoms. The van der Waals surface area contributed by atoms with Crippen molar-refractivity contribution in [1.29, 1.82) is 0 Å². The molecule has 1 aromatic heterocycles. The van der Waals surface area contributed by atoms with Crippen molar-refractivity contribution >= 4 is 5.91 Å². The Labute approximate surface area is 113 Å². The maximum atomic E-state index is 12.4. The van der Waals surface area contributed by atoms with Gasteiger partial charge in [0.1, 0.15) is 6.04 Å². The average Bonchev–Trinajstić information content (AvgIpc) is 2.49. The van der Waals surface area contributed by atoms with Crippen LogP contribution in [0.15, 0.2) is 24.5 Å². The first-order valence-electron chi connectivity index (χ1n) is 6.54. The van der Waals surface area contributed by atoms with Crippen molar-refractivity contribution in [2.45, 2.75) is 26.4 Å². The molecule has 0 aliphatic carbocycles. The number of pyridine rings is 1. The topological polar surface area (TPSA) is 65.5 Å². The fourth-order valence-corrected chi connectivity index (χ4v) is 2.35. The minimum absolute atomic E-state index is 0.0121. The Morgan fingerprint density at radius 2 is 2.37 bits per heavy atom. The van der Waals surface area contributed by atoms with E-state index in [0.29, 0.717) is 19.6 Å². The lowest BCUT2D eigenvalue weighted by Crippen LogP contribution is -2.45. The van der Waals surface area contributed by atoms with E-state index in [1.54, 1.807) is 17.3 Å². The highest BCUT2D eigenvalue weighted by atomic mass is 16.3. The smallest absolute Gasteiger partial charge is 0.242 e. The number of aromatic nitrogens is 1. The molecule has 1 saturated heterocycles. The third-order valence-corrected chi connectivity index (χ3v) is 3.33. The lowest BCUT2D eigenvalue weighted by Gasteiger charge is -2.29. The van der Waals surface area contributed by atoms with Crippen LogP contribution >= 0.6 is 0 Å². The van der Waals surface area contributed by atoms with E-state index in [2.05, 4.69) is 24.1 Å². The third-order valence-electron chi connectivity index (χ3n) is 3.33. The molecule has 2 N–H and O–H groups in total. The molecule has 1 atom stereocenters. The van der Waals surface area contributed by atoms with Crippen LogP contribution in [0.1, 0.15) is 19.4 Å². The molecule has 2 rings (SSSR count). The van der Waals surface area contributed by atoms with Crippen molar-refractivity contribution < 1.29 is 9.90 Å². The number of nitrogens with one attached hydrogen (secondary N) is 1. The van der Waals surface area contributed by atoms with Crippen LogP contribution in [0.5, 0.6) is 0 Å². The number of carbonyl (C=O) groups excluding carboxylic acids is 1. The number of hydrogen-bond donors (Lipinski definition) is 2. The normalized spacial score (nSPS) is 23.2. The molecule has 1 aromatic rings. The Kier molecular flexibility index (Phi) is 4.17. The van der Waals surface area contributed by atoms with Gasteiger partial charge in [0.05, 0.1) is 6.61 Å². The molecule has 19 heavy (non-hydrogen) atoms. The van der Waals surface area contributed by atoms with E-state index in [1.807, 2.05) is 12.1 Å². The van der Waals surface area contributed by atoms with Gasteiger partial charge in [-0.05, 0) is 17.0 Å². The highest BCUT2D eigenvalue weighted by Crippen LogP contribution is 2.21. The monoisotopic (exact) mass is 263 g/mol. The molecule has 1 amide bonds. The fourth-order valence-electron chi connectivity index (χ4n) is 2.35. The lowest BCUT2D eigenvalue weighted by molar-refractivity contribution is -0.134. The fraction of sp³-hybridized carbons (Fsp3) is 0.571. The zero-order chi connectivity index (χ0) is 13.9. The third kappa shape index (κ3) is 3.52. The van der Waals surface area contributed by atoms with Gasteiger partial charge >= 0.3 is 0 Å². The van der Waals surface area contributed by atoms with Crippen LogP contribution in [0.25, 0.3) is 0 Å². The summed E-state index contributed by atoms with van der Waals surface area (Å²) in [7, 11) is 0. The Hall–Kier alpha value is -1.46. The molecule has 5 nitrogen and oxygen atoms in total. The molecule has 0 radical (unpaired) electrons. The molecule has 1 fully saturated rings. The summed E-state index contributed by atoms with van der Waals surface area (Å²) in [4.78, 5) is 18.2. The first-order valence-corrected chi connectivity index (χ1v) is 6.54. The average molecular weight is 263 g/mol. The zero-order valence-electron chi connectivity index (χ0n) is 11.5. The van der Waals surface area contributed by atoms with Crippen LogP contribution in [0.3, 0.4) is 0 Å². The molecule has 104 valence electrons. The van der Waals surface area contributed by atoms with E-state index in [0.717, 1.165) is 5.56 Å². The van der Waals surface area contributed by atoms with E-state index in [-0.39, 0.29) is 17.9 Å². The summed E-state index contributed by atoms with van der Waals surface area (Å²) in [6.07, 6.45) is 3.49. The maximum absolute atomic E-state index is 12.4. The van der Waals surface area contributed by atoms with Gasteiger partial charge < -0.3 is 15.3 Å². The number of aliphatic hydroxyl groups is 1. The van der Waals surface area contributed by atoms with Gasteiger partial charge in [-0.25, -0.2) is 0 Å². The molecule has 0 spiro atoms. The van der Waals surface area contributed by atoms with E-state index >= 15 is 0 Å². The van der Waals surface area contributed by atoms with Gasteiger partial charge in [0.15, 0.2) is 0 Å². The molecule has 1 aliphatic heterocycles. The first-order chi connectivity index (χ1) is 9.02. The van der Waals surface area contributed by atoms with Crippen LogP contribution < -0.4 is 5.32 Å². The second-order valence-electron chi connectivity index (χ2n) is 5.84. The van der Waals surface area contributed by atoms with Crippen molar-refractivity contribution in [3.63, 3.8) is 0 Å². The molecule has 5 heteroatoms. The van der Waals surface area contributed by atoms with E-state index < -0.39 is 6.04 Å². The number of nitrogens with zero attached hydrogens (tertiary/aromatic N) is 2. The van der Waals surface area contributed by atoms with Crippen LogP contribution in [-0.2, 0) is 11.3 Å². The Morgan fingerprint density at radius 1 is 1.58 bits per heavy atom. The molecule has 1 unspecified atom stereocenters. The largest absolute Gasteiger partial charge is 0.394 e. The predicted octanol–water partition coefficient (Wildman–Crippen LogP) is 0.400. The quantitative estimate of drug-likeness (QED) is 0.828. The first kappa shape index (κ1) is 14.0. The summed E-state index contributed by atoms with van der Waals surface area (Å²) < 4.78 is 0. The number of rotatable bonds is 3. The summed E-state index contributed by atoms with van der Waals surface area (Å²) in [6, 6.07) is 3.32. The summed E-state index contributed by atoms with van der Waals surface area (Å²) in [6.45, 7) is 5.98. The van der Waals surface area contributed by atoms with Crippen LogP contribution in [-0.4, -0.2) is 46.6 Å². The second kappa shape index (κ2) is 5.67. The van der Waals surface area contributed by atoms with Crippen LogP contribution in [0.2, 0.25) is 0 Å². The highest BCUT2D eigenvalue weighted by molar-refractivity contribution is 5.82. The minimum Gasteiger partial charge on any atom is -0.394 e. The number of aliphatic hydroxyl groups excluding tert-OH is 1. The molecule has 1 aliphatic rings. The number of amides is 1. The minimum atomic E-state index is -0.501. The predicted molar refractivity (Wildman–Crippen MR) is 72.3 cm³/mol. The Morgan fingerprint density at radius 3 is 3.00 bits per heavy atom. The van der Waals surface area contributed by atoms with Gasteiger partial charge in [0, 0.05) is 32.0 Å². The summed E-state index contributed by atoms with van der Waals surface area (Å²) in [5.41, 5.74) is 0.993. The summed E-state index contributed by atoms with van der Waals surface area (Å²) in [5.74, 6) is -0.0445. The van der Waals surface area contributed by atoms with Crippen LogP contribution in [0.4, 0.5) is 0 Å². The van der Waals surface area contributed by atoms with E-state index in [9.17, 15) is 9.90 Å². The van der Waals surface area contributed by atoms with Gasteiger partial charge in [-0.2, -0.15) is 0 Å². The molecular formula is C14H21N3O2. The summed E-state index contributed by atoms with van der Waals surface area (Å²) >= 11 is 0. The molecular weight excluding hydrogens is 242 g/mol. The summed E-state index contributed by atoms with van der Waals surface area (Å²) in [5, 5.41) is 12.4. The van der Waals surface area contributed by atoms with Crippen molar-refractivity contribution in [3.8, 4) is 0 Å². The van der Waals surface area contributed by atoms with Crippen molar-refractivity contribution in [1.82, 2.24) is 15.2 Å².